The molecule has 0 saturated heterocycles. The molecule has 2 N–H and O–H groups in total. The van der Waals surface area contributed by atoms with Crippen molar-refractivity contribution in [2.75, 3.05) is 13.1 Å². The van der Waals surface area contributed by atoms with Crippen LogP contribution in [0.5, 0.6) is 0 Å². The Bertz CT molecular complexity index is 1220. The Morgan fingerprint density at radius 2 is 1.89 bits per heavy atom. The predicted octanol–water partition coefficient (Wildman–Crippen LogP) is 5.16. The Kier molecular flexibility index (Phi) is 4.21. The minimum absolute atomic E-state index is 0.169. The number of hydrogen-bond donors (Lipinski definition) is 2. The topological polar surface area (TPSA) is 51.9 Å². The molecular formula is C23H20ClN3O. The third kappa shape index (κ3) is 2.90. The molecule has 0 fully saturated rings. The van der Waals surface area contributed by atoms with Crippen molar-refractivity contribution in [3.05, 3.63) is 77.1 Å². The zero-order valence-corrected chi connectivity index (χ0v) is 16.1. The van der Waals surface area contributed by atoms with Gasteiger partial charge in [0.15, 0.2) is 0 Å². The lowest BCUT2D eigenvalue weighted by atomic mass is 9.98. The van der Waals surface area contributed by atoms with Crippen molar-refractivity contribution in [2.24, 2.45) is 0 Å². The van der Waals surface area contributed by atoms with Crippen molar-refractivity contribution in [1.29, 1.82) is 0 Å². The molecule has 5 heteroatoms. The number of carbonyl (C=O) groups is 1. The van der Waals surface area contributed by atoms with Gasteiger partial charge in [-0.25, -0.2) is 0 Å². The first-order chi connectivity index (χ1) is 13.7. The van der Waals surface area contributed by atoms with Crippen LogP contribution >= 0.6 is 11.6 Å². The molecule has 5 rings (SSSR count). The first kappa shape index (κ1) is 17.1. The largest absolute Gasteiger partial charge is 0.361 e. The zero-order chi connectivity index (χ0) is 19.1. The highest BCUT2D eigenvalue weighted by atomic mass is 35.5. The fraction of sp³-hybridized carbons (Fsp3) is 0.174. The maximum Gasteiger partial charge on any atom is 0.227 e. The second-order valence-corrected chi connectivity index (χ2v) is 7.63. The molecule has 3 heterocycles. The predicted molar refractivity (Wildman–Crippen MR) is 114 cm³/mol. The second kappa shape index (κ2) is 6.88. The fourth-order valence-corrected chi connectivity index (χ4v) is 4.31. The van der Waals surface area contributed by atoms with Crippen LogP contribution in [0.25, 0.3) is 27.4 Å². The van der Waals surface area contributed by atoms with Gasteiger partial charge in [0, 0.05) is 47.3 Å². The number of amides is 1. The molecule has 0 spiro atoms. The lowest BCUT2D eigenvalue weighted by molar-refractivity contribution is -0.130. The van der Waals surface area contributed by atoms with E-state index in [1.54, 1.807) is 0 Å². The van der Waals surface area contributed by atoms with E-state index in [2.05, 4.69) is 28.2 Å². The number of nitrogens with zero attached hydrogens (tertiary/aromatic N) is 1. The van der Waals surface area contributed by atoms with Crippen molar-refractivity contribution in [3.63, 3.8) is 0 Å². The van der Waals surface area contributed by atoms with E-state index in [0.29, 0.717) is 13.0 Å². The van der Waals surface area contributed by atoms with Gasteiger partial charge in [0.25, 0.3) is 0 Å². The summed E-state index contributed by atoms with van der Waals surface area (Å²) in [6.45, 7) is 1.38. The summed E-state index contributed by atoms with van der Waals surface area (Å²) in [7, 11) is 0. The Labute approximate surface area is 167 Å². The summed E-state index contributed by atoms with van der Waals surface area (Å²) in [4.78, 5) is 21.3. The number of para-hydroxylation sites is 2. The van der Waals surface area contributed by atoms with Crippen LogP contribution in [-0.2, 0) is 11.2 Å². The maximum atomic E-state index is 12.8. The van der Waals surface area contributed by atoms with Gasteiger partial charge in [0.1, 0.15) is 0 Å². The highest BCUT2D eigenvalue weighted by Crippen LogP contribution is 2.32. The molecule has 0 bridgehead atoms. The third-order valence-corrected chi connectivity index (χ3v) is 5.90. The lowest BCUT2D eigenvalue weighted by Gasteiger charge is -2.26. The molecule has 0 unspecified atom stereocenters. The minimum Gasteiger partial charge on any atom is -0.361 e. The summed E-state index contributed by atoms with van der Waals surface area (Å²) in [6, 6.07) is 14.1. The van der Waals surface area contributed by atoms with Gasteiger partial charge in [-0.05, 0) is 29.7 Å². The maximum absolute atomic E-state index is 12.8. The molecule has 4 aromatic rings. The van der Waals surface area contributed by atoms with Gasteiger partial charge in [0.05, 0.1) is 17.0 Å². The van der Waals surface area contributed by atoms with Gasteiger partial charge in [-0.15, -0.1) is 0 Å². The Morgan fingerprint density at radius 3 is 2.75 bits per heavy atom. The molecule has 2 aromatic heterocycles. The number of halogens is 1. The minimum atomic E-state index is 0.169. The summed E-state index contributed by atoms with van der Waals surface area (Å²) >= 11 is 6.28. The van der Waals surface area contributed by atoms with Crippen LogP contribution in [0.3, 0.4) is 0 Å². The van der Waals surface area contributed by atoms with Crippen LogP contribution < -0.4 is 0 Å². The fourth-order valence-electron chi connectivity index (χ4n) is 4.08. The van der Waals surface area contributed by atoms with E-state index in [9.17, 15) is 4.79 Å². The van der Waals surface area contributed by atoms with E-state index in [4.69, 9.17) is 11.6 Å². The van der Waals surface area contributed by atoms with Crippen molar-refractivity contribution in [2.45, 2.75) is 12.8 Å². The number of benzene rings is 2. The van der Waals surface area contributed by atoms with Crippen LogP contribution in [0.1, 0.15) is 17.5 Å². The van der Waals surface area contributed by atoms with Gasteiger partial charge in [-0.3, -0.25) is 4.79 Å². The summed E-state index contributed by atoms with van der Waals surface area (Å²) in [6.07, 6.45) is 7.41. The average Bonchev–Trinajstić information content (AvgIpc) is 3.34. The van der Waals surface area contributed by atoms with E-state index in [1.807, 2.05) is 47.6 Å². The SMILES string of the molecule is O=C(Cc1c[nH]c2ccccc12)N1CC=C(c2c[nH]c3c(Cl)cccc23)CC1. The summed E-state index contributed by atoms with van der Waals surface area (Å²) < 4.78 is 0. The van der Waals surface area contributed by atoms with Crippen molar-refractivity contribution in [3.8, 4) is 0 Å². The number of H-pyrrole nitrogens is 2. The number of hydrogen-bond acceptors (Lipinski definition) is 1. The number of rotatable bonds is 3. The lowest BCUT2D eigenvalue weighted by Crippen LogP contribution is -2.35. The standard InChI is InChI=1S/C23H20ClN3O/c24-20-6-3-5-18-19(14-26-23(18)20)15-8-10-27(11-9-15)22(28)12-16-13-25-21-7-2-1-4-17(16)21/h1-8,13-14,25-26H,9-12H2. The monoisotopic (exact) mass is 389 g/mol. The van der Waals surface area contributed by atoms with Crippen LogP contribution in [0.15, 0.2) is 60.9 Å². The van der Waals surface area contributed by atoms with E-state index < -0.39 is 0 Å². The van der Waals surface area contributed by atoms with Gasteiger partial charge in [0.2, 0.25) is 5.91 Å². The molecule has 0 atom stereocenters. The van der Waals surface area contributed by atoms with Gasteiger partial charge >= 0.3 is 0 Å². The first-order valence-electron chi connectivity index (χ1n) is 9.48. The third-order valence-electron chi connectivity index (χ3n) is 5.59. The molecule has 0 saturated carbocycles. The quantitative estimate of drug-likeness (QED) is 0.499. The van der Waals surface area contributed by atoms with Gasteiger partial charge in [-0.2, -0.15) is 0 Å². The Morgan fingerprint density at radius 1 is 1.04 bits per heavy atom. The molecule has 28 heavy (non-hydrogen) atoms. The highest BCUT2D eigenvalue weighted by molar-refractivity contribution is 6.35. The van der Waals surface area contributed by atoms with Crippen molar-refractivity contribution >= 4 is 44.9 Å². The number of fused-ring (bicyclic) bond motifs is 2. The van der Waals surface area contributed by atoms with Crippen molar-refractivity contribution in [1.82, 2.24) is 14.9 Å². The zero-order valence-electron chi connectivity index (χ0n) is 15.3. The van der Waals surface area contributed by atoms with Crippen LogP contribution in [0, 0.1) is 0 Å². The molecule has 0 aliphatic carbocycles. The van der Waals surface area contributed by atoms with E-state index in [0.717, 1.165) is 45.4 Å². The number of aromatic amines is 2. The molecule has 4 nitrogen and oxygen atoms in total. The molecule has 2 aromatic carbocycles. The Hall–Kier alpha value is -2.98. The molecule has 0 radical (unpaired) electrons. The van der Waals surface area contributed by atoms with E-state index >= 15 is 0 Å². The summed E-state index contributed by atoms with van der Waals surface area (Å²) in [5, 5.41) is 2.99. The van der Waals surface area contributed by atoms with Gasteiger partial charge < -0.3 is 14.9 Å². The van der Waals surface area contributed by atoms with E-state index in [1.165, 1.54) is 11.1 Å². The molecule has 140 valence electrons. The average molecular weight is 390 g/mol. The number of carbonyl (C=O) groups excluding carboxylic acids is 1. The van der Waals surface area contributed by atoms with Gasteiger partial charge in [-0.1, -0.05) is 48.0 Å². The number of nitrogens with one attached hydrogen (secondary N) is 2. The Balaban J connectivity index is 1.33. The number of aromatic nitrogens is 2. The second-order valence-electron chi connectivity index (χ2n) is 7.22. The van der Waals surface area contributed by atoms with Crippen LogP contribution in [-0.4, -0.2) is 33.9 Å². The highest BCUT2D eigenvalue weighted by Gasteiger charge is 2.20. The smallest absolute Gasteiger partial charge is 0.227 e. The molecule has 1 amide bonds. The normalized spacial score (nSPS) is 14.6. The first-order valence-corrected chi connectivity index (χ1v) is 9.86. The molecule has 1 aliphatic rings. The molecule has 1 aliphatic heterocycles. The summed E-state index contributed by atoms with van der Waals surface area (Å²) in [5.74, 6) is 0.169. The molecular weight excluding hydrogens is 370 g/mol. The van der Waals surface area contributed by atoms with E-state index in [-0.39, 0.29) is 5.91 Å². The van der Waals surface area contributed by atoms with Crippen LogP contribution in [0.4, 0.5) is 0 Å². The van der Waals surface area contributed by atoms with Crippen molar-refractivity contribution < 1.29 is 4.79 Å². The summed E-state index contributed by atoms with van der Waals surface area (Å²) in [5.41, 5.74) is 5.55. The van der Waals surface area contributed by atoms with Crippen LogP contribution in [0.2, 0.25) is 5.02 Å².